The Morgan fingerprint density at radius 3 is 2.71 bits per heavy atom. The maximum atomic E-state index is 11.1. The number of piperidine rings is 1. The first-order valence-electron chi connectivity index (χ1n) is 8.61. The molecule has 1 aliphatic rings. The van der Waals surface area contributed by atoms with E-state index in [0.29, 0.717) is 18.7 Å². The summed E-state index contributed by atoms with van der Waals surface area (Å²) in [5.74, 6) is 1.97. The van der Waals surface area contributed by atoms with E-state index in [1.54, 1.807) is 10.9 Å². The average Bonchev–Trinajstić information content (AvgIpc) is 3.06. The van der Waals surface area contributed by atoms with E-state index in [4.69, 9.17) is 0 Å². The highest BCUT2D eigenvalue weighted by atomic mass is 16.3. The van der Waals surface area contributed by atoms with Crippen molar-refractivity contribution >= 4 is 5.82 Å². The molecule has 1 aliphatic heterocycles. The fourth-order valence-electron chi connectivity index (χ4n) is 3.00. The van der Waals surface area contributed by atoms with Gasteiger partial charge in [0.1, 0.15) is 22.9 Å². The number of nitrogens with zero attached hydrogens (tertiary/aromatic N) is 6. The largest absolute Gasteiger partial charge is 0.382 e. The van der Waals surface area contributed by atoms with Crippen LogP contribution in [-0.2, 0) is 5.60 Å². The van der Waals surface area contributed by atoms with Gasteiger partial charge in [0.25, 0.3) is 0 Å². The van der Waals surface area contributed by atoms with Crippen LogP contribution in [0.15, 0.2) is 18.5 Å². The second-order valence-corrected chi connectivity index (χ2v) is 7.16. The van der Waals surface area contributed by atoms with Crippen molar-refractivity contribution in [1.82, 2.24) is 25.0 Å². The summed E-state index contributed by atoms with van der Waals surface area (Å²) in [6, 6.07) is 2.13. The van der Waals surface area contributed by atoms with E-state index in [1.165, 1.54) is 0 Å². The molecule has 0 saturated carbocycles. The fourth-order valence-corrected chi connectivity index (χ4v) is 3.00. The normalized spacial score (nSPS) is 21.7. The molecule has 0 unspecified atom stereocenters. The second-order valence-electron chi connectivity index (χ2n) is 7.16. The first-order chi connectivity index (χ1) is 11.4. The maximum absolute atomic E-state index is 11.1. The third kappa shape index (κ3) is 3.26. The number of anilines is 1. The van der Waals surface area contributed by atoms with Crippen molar-refractivity contribution in [1.29, 1.82) is 0 Å². The SMILES string of the molecule is CC(C)c1nccc(N2CCC[C@](O)(c3cn(C(C)C)nn3)C2)n1. The van der Waals surface area contributed by atoms with Gasteiger partial charge in [-0.05, 0) is 32.8 Å². The molecule has 1 atom stereocenters. The molecule has 1 fully saturated rings. The lowest BCUT2D eigenvalue weighted by molar-refractivity contribution is 0.0174. The lowest BCUT2D eigenvalue weighted by atomic mass is 9.90. The van der Waals surface area contributed by atoms with Crippen molar-refractivity contribution in [2.45, 2.75) is 58.1 Å². The Morgan fingerprint density at radius 2 is 2.04 bits per heavy atom. The van der Waals surface area contributed by atoms with Gasteiger partial charge in [-0.15, -0.1) is 5.10 Å². The van der Waals surface area contributed by atoms with E-state index in [0.717, 1.165) is 24.6 Å². The zero-order valence-corrected chi connectivity index (χ0v) is 14.8. The zero-order chi connectivity index (χ0) is 17.3. The molecule has 1 saturated heterocycles. The van der Waals surface area contributed by atoms with Crippen molar-refractivity contribution in [2.75, 3.05) is 18.0 Å². The molecule has 0 spiro atoms. The summed E-state index contributed by atoms with van der Waals surface area (Å²) >= 11 is 0. The van der Waals surface area contributed by atoms with Crippen molar-refractivity contribution in [2.24, 2.45) is 0 Å². The van der Waals surface area contributed by atoms with Crippen LogP contribution in [0.3, 0.4) is 0 Å². The van der Waals surface area contributed by atoms with Crippen LogP contribution in [0.1, 0.15) is 64.0 Å². The Balaban J connectivity index is 1.84. The predicted octanol–water partition coefficient (Wildman–Crippen LogP) is 2.26. The highest BCUT2D eigenvalue weighted by molar-refractivity contribution is 5.40. The molecule has 3 rings (SSSR count). The first kappa shape index (κ1) is 16.8. The monoisotopic (exact) mass is 330 g/mol. The Morgan fingerprint density at radius 1 is 1.25 bits per heavy atom. The Kier molecular flexibility index (Phi) is 4.54. The van der Waals surface area contributed by atoms with Crippen molar-refractivity contribution in [3.8, 4) is 0 Å². The van der Waals surface area contributed by atoms with Crippen molar-refractivity contribution in [3.63, 3.8) is 0 Å². The molecule has 7 heteroatoms. The molecule has 7 nitrogen and oxygen atoms in total. The molecule has 0 radical (unpaired) electrons. The van der Waals surface area contributed by atoms with Gasteiger partial charge in [0.05, 0.1) is 12.7 Å². The van der Waals surface area contributed by atoms with Crippen LogP contribution in [0.4, 0.5) is 5.82 Å². The van der Waals surface area contributed by atoms with Gasteiger partial charge in [0.2, 0.25) is 0 Å². The molecule has 24 heavy (non-hydrogen) atoms. The standard InChI is InChI=1S/C17H26N6O/c1-12(2)16-18-8-6-15(19-16)22-9-5-7-17(24,11-22)14-10-23(13(3)4)21-20-14/h6,8,10,12-13,24H,5,7,9,11H2,1-4H3/t17-/m1/s1. The van der Waals surface area contributed by atoms with E-state index in [1.807, 2.05) is 26.1 Å². The first-order valence-corrected chi connectivity index (χ1v) is 8.61. The van der Waals surface area contributed by atoms with E-state index < -0.39 is 5.60 Å². The average molecular weight is 330 g/mol. The lowest BCUT2D eigenvalue weighted by Crippen LogP contribution is -2.46. The summed E-state index contributed by atoms with van der Waals surface area (Å²) in [5, 5.41) is 19.5. The molecule has 2 aromatic heterocycles. The van der Waals surface area contributed by atoms with E-state index in [2.05, 4.69) is 39.0 Å². The van der Waals surface area contributed by atoms with Gasteiger partial charge in [0.15, 0.2) is 0 Å². The quantitative estimate of drug-likeness (QED) is 0.926. The van der Waals surface area contributed by atoms with Gasteiger partial charge in [-0.25, -0.2) is 14.6 Å². The number of β-amino-alcohol motifs (C(OH)–C–C–N with tert-alkyl or cyclic N) is 1. The Hall–Kier alpha value is -2.02. The maximum Gasteiger partial charge on any atom is 0.133 e. The van der Waals surface area contributed by atoms with Crippen LogP contribution in [0, 0.1) is 0 Å². The fraction of sp³-hybridized carbons (Fsp3) is 0.647. The molecule has 0 bridgehead atoms. The Labute approximate surface area is 142 Å². The highest BCUT2D eigenvalue weighted by Crippen LogP contribution is 2.32. The zero-order valence-electron chi connectivity index (χ0n) is 14.8. The number of rotatable bonds is 4. The van der Waals surface area contributed by atoms with Gasteiger partial charge in [-0.1, -0.05) is 19.1 Å². The van der Waals surface area contributed by atoms with Crippen LogP contribution < -0.4 is 4.90 Å². The number of aromatic nitrogens is 5. The van der Waals surface area contributed by atoms with Gasteiger partial charge in [-0.3, -0.25) is 0 Å². The van der Waals surface area contributed by atoms with Crippen molar-refractivity contribution in [3.05, 3.63) is 30.0 Å². The molecule has 0 aromatic carbocycles. The topological polar surface area (TPSA) is 80.0 Å². The van der Waals surface area contributed by atoms with Crippen LogP contribution >= 0.6 is 0 Å². The third-order valence-corrected chi connectivity index (χ3v) is 4.49. The number of hydrogen-bond donors (Lipinski definition) is 1. The van der Waals surface area contributed by atoms with Crippen LogP contribution in [0.25, 0.3) is 0 Å². The molecule has 0 aliphatic carbocycles. The Bertz CT molecular complexity index is 698. The van der Waals surface area contributed by atoms with Gasteiger partial charge in [-0.2, -0.15) is 0 Å². The summed E-state index contributed by atoms with van der Waals surface area (Å²) in [5.41, 5.74) is -0.354. The number of hydrogen-bond acceptors (Lipinski definition) is 6. The summed E-state index contributed by atoms with van der Waals surface area (Å²) in [6.07, 6.45) is 5.21. The lowest BCUT2D eigenvalue weighted by Gasteiger charge is -2.38. The minimum Gasteiger partial charge on any atom is -0.382 e. The van der Waals surface area contributed by atoms with E-state index >= 15 is 0 Å². The molecule has 2 aromatic rings. The van der Waals surface area contributed by atoms with Gasteiger partial charge in [0, 0.05) is 24.7 Å². The predicted molar refractivity (Wildman–Crippen MR) is 91.9 cm³/mol. The number of aliphatic hydroxyl groups is 1. The van der Waals surface area contributed by atoms with Crippen LogP contribution in [-0.4, -0.2) is 43.2 Å². The smallest absolute Gasteiger partial charge is 0.133 e. The van der Waals surface area contributed by atoms with Gasteiger partial charge >= 0.3 is 0 Å². The van der Waals surface area contributed by atoms with Crippen molar-refractivity contribution < 1.29 is 5.11 Å². The van der Waals surface area contributed by atoms with E-state index in [-0.39, 0.29) is 12.0 Å². The molecular weight excluding hydrogens is 304 g/mol. The highest BCUT2D eigenvalue weighted by Gasteiger charge is 2.38. The van der Waals surface area contributed by atoms with Gasteiger partial charge < -0.3 is 10.0 Å². The summed E-state index contributed by atoms with van der Waals surface area (Å²) < 4.78 is 1.79. The minimum absolute atomic E-state index is 0.227. The minimum atomic E-state index is -0.992. The molecule has 130 valence electrons. The summed E-state index contributed by atoms with van der Waals surface area (Å²) in [6.45, 7) is 9.59. The molecular formula is C17H26N6O. The summed E-state index contributed by atoms with van der Waals surface area (Å²) in [4.78, 5) is 11.1. The second kappa shape index (κ2) is 6.47. The third-order valence-electron chi connectivity index (χ3n) is 4.49. The van der Waals surface area contributed by atoms with E-state index in [9.17, 15) is 5.11 Å². The van der Waals surface area contributed by atoms with Crippen LogP contribution in [0.2, 0.25) is 0 Å². The molecule has 1 N–H and O–H groups in total. The molecule has 3 heterocycles. The van der Waals surface area contributed by atoms with Crippen LogP contribution in [0.5, 0.6) is 0 Å². The summed E-state index contributed by atoms with van der Waals surface area (Å²) in [7, 11) is 0. The molecule has 0 amide bonds.